The molecule has 0 spiro atoms. The Hall–Kier alpha value is -1.34. The Kier molecular flexibility index (Phi) is 5.06. The maximum absolute atomic E-state index is 12.4. The van der Waals surface area contributed by atoms with Gasteiger partial charge in [0.05, 0.1) is 6.10 Å². The molecule has 3 fully saturated rings. The predicted molar refractivity (Wildman–Crippen MR) is 85.8 cm³/mol. The highest BCUT2D eigenvalue weighted by Crippen LogP contribution is 2.28. The van der Waals surface area contributed by atoms with Crippen molar-refractivity contribution in [3.05, 3.63) is 0 Å². The number of nitrogens with two attached hydrogens (primary N) is 1. The van der Waals surface area contributed by atoms with Crippen molar-refractivity contribution in [1.82, 2.24) is 15.1 Å². The molecule has 23 heavy (non-hydrogen) atoms. The standard InChI is InChI=1S/C16H28N4O3/c1-19-7-2-3-13(15(19)21)18-16(22)20-8-4-11(5-9-20)14-12(17)6-10-23-14/h11-14H,2-10,17H2,1H3,(H,18,22)/t12-,13?,14+/m1/s1. The van der Waals surface area contributed by atoms with Crippen LogP contribution >= 0.6 is 0 Å². The SMILES string of the molecule is CN1CCCC(NC(=O)N2CCC([C@@H]3OCC[C@H]3N)CC2)C1=O. The summed E-state index contributed by atoms with van der Waals surface area (Å²) in [5.74, 6) is 0.462. The maximum atomic E-state index is 12.4. The highest BCUT2D eigenvalue weighted by Gasteiger charge is 2.36. The van der Waals surface area contributed by atoms with Crippen molar-refractivity contribution in [2.24, 2.45) is 11.7 Å². The Balaban J connectivity index is 1.47. The van der Waals surface area contributed by atoms with E-state index in [4.69, 9.17) is 10.5 Å². The molecule has 0 bridgehead atoms. The molecule has 3 atom stereocenters. The first-order valence-electron chi connectivity index (χ1n) is 8.74. The van der Waals surface area contributed by atoms with Gasteiger partial charge >= 0.3 is 6.03 Å². The van der Waals surface area contributed by atoms with E-state index in [9.17, 15) is 9.59 Å². The van der Waals surface area contributed by atoms with Crippen molar-refractivity contribution in [1.29, 1.82) is 0 Å². The molecule has 3 aliphatic heterocycles. The number of piperidine rings is 2. The van der Waals surface area contributed by atoms with Crippen molar-refractivity contribution >= 4 is 11.9 Å². The Bertz CT molecular complexity index is 451. The molecule has 3 N–H and O–H groups in total. The van der Waals surface area contributed by atoms with Crippen LogP contribution in [-0.2, 0) is 9.53 Å². The molecule has 3 aliphatic rings. The molecule has 0 aromatic carbocycles. The zero-order valence-corrected chi connectivity index (χ0v) is 13.9. The van der Waals surface area contributed by atoms with Gasteiger partial charge in [0.2, 0.25) is 5.91 Å². The van der Waals surface area contributed by atoms with Crippen molar-refractivity contribution in [2.75, 3.05) is 33.3 Å². The average molecular weight is 324 g/mol. The van der Waals surface area contributed by atoms with Crippen LogP contribution in [0.3, 0.4) is 0 Å². The minimum atomic E-state index is -0.370. The third-order valence-electron chi connectivity index (χ3n) is 5.43. The van der Waals surface area contributed by atoms with Crippen LogP contribution in [0.4, 0.5) is 4.79 Å². The number of nitrogens with one attached hydrogen (secondary N) is 1. The number of hydrogen-bond donors (Lipinski definition) is 2. The molecular formula is C16H28N4O3. The first kappa shape index (κ1) is 16.5. The van der Waals surface area contributed by atoms with Gasteiger partial charge in [-0.1, -0.05) is 0 Å². The number of urea groups is 1. The summed E-state index contributed by atoms with van der Waals surface area (Å²) in [6.45, 7) is 2.95. The zero-order chi connectivity index (χ0) is 16.4. The molecule has 3 saturated heterocycles. The van der Waals surface area contributed by atoms with Gasteiger partial charge in [-0.2, -0.15) is 0 Å². The van der Waals surface area contributed by atoms with Crippen LogP contribution < -0.4 is 11.1 Å². The van der Waals surface area contributed by atoms with Crippen LogP contribution in [-0.4, -0.2) is 73.2 Å². The maximum Gasteiger partial charge on any atom is 0.318 e. The summed E-state index contributed by atoms with van der Waals surface area (Å²) >= 11 is 0. The molecule has 3 rings (SSSR count). The topological polar surface area (TPSA) is 87.9 Å². The molecular weight excluding hydrogens is 296 g/mol. The third-order valence-corrected chi connectivity index (χ3v) is 5.43. The van der Waals surface area contributed by atoms with Crippen molar-refractivity contribution in [3.8, 4) is 0 Å². The smallest absolute Gasteiger partial charge is 0.318 e. The van der Waals surface area contributed by atoms with Gasteiger partial charge in [0.1, 0.15) is 6.04 Å². The summed E-state index contributed by atoms with van der Waals surface area (Å²) in [4.78, 5) is 28.0. The number of carbonyl (C=O) groups is 2. The lowest BCUT2D eigenvalue weighted by Crippen LogP contribution is -2.55. The van der Waals surface area contributed by atoms with Gasteiger partial charge in [-0.3, -0.25) is 4.79 Å². The van der Waals surface area contributed by atoms with E-state index in [0.717, 1.165) is 45.3 Å². The summed E-state index contributed by atoms with van der Waals surface area (Å²) in [7, 11) is 1.79. The van der Waals surface area contributed by atoms with Gasteiger partial charge in [0.25, 0.3) is 0 Å². The highest BCUT2D eigenvalue weighted by atomic mass is 16.5. The number of carbonyl (C=O) groups excluding carboxylic acids is 2. The molecule has 1 unspecified atom stereocenters. The fourth-order valence-corrected chi connectivity index (χ4v) is 3.95. The minimum Gasteiger partial charge on any atom is -0.376 e. The number of likely N-dealkylation sites (tertiary alicyclic amines) is 2. The second-order valence-electron chi connectivity index (χ2n) is 7.02. The van der Waals surface area contributed by atoms with Crippen LogP contribution in [0.15, 0.2) is 0 Å². The first-order valence-corrected chi connectivity index (χ1v) is 8.74. The third kappa shape index (κ3) is 3.61. The van der Waals surface area contributed by atoms with Gasteiger partial charge in [-0.15, -0.1) is 0 Å². The normalized spacial score (nSPS) is 33.1. The summed E-state index contributed by atoms with van der Waals surface area (Å²) in [5, 5.41) is 2.90. The van der Waals surface area contributed by atoms with Gasteiger partial charge < -0.3 is 25.6 Å². The van der Waals surface area contributed by atoms with Crippen molar-refractivity contribution in [2.45, 2.75) is 50.3 Å². The van der Waals surface area contributed by atoms with E-state index in [2.05, 4.69) is 5.32 Å². The van der Waals surface area contributed by atoms with Crippen LogP contribution in [0, 0.1) is 5.92 Å². The first-order chi connectivity index (χ1) is 11.1. The predicted octanol–water partition coefficient (Wildman–Crippen LogP) is 0.145. The molecule has 0 radical (unpaired) electrons. The molecule has 0 aromatic heterocycles. The molecule has 0 aromatic rings. The fourth-order valence-electron chi connectivity index (χ4n) is 3.95. The summed E-state index contributed by atoms with van der Waals surface area (Å²) in [6.07, 6.45) is 4.59. The van der Waals surface area contributed by atoms with Crippen LogP contribution in [0.1, 0.15) is 32.1 Å². The molecule has 7 nitrogen and oxygen atoms in total. The molecule has 7 heteroatoms. The van der Waals surface area contributed by atoms with E-state index >= 15 is 0 Å². The van der Waals surface area contributed by atoms with Crippen LogP contribution in [0.25, 0.3) is 0 Å². The lowest BCUT2D eigenvalue weighted by molar-refractivity contribution is -0.134. The number of nitrogens with zero attached hydrogens (tertiary/aromatic N) is 2. The van der Waals surface area contributed by atoms with E-state index in [-0.39, 0.29) is 30.1 Å². The number of likely N-dealkylation sites (N-methyl/N-ethyl adjacent to an activating group) is 1. The van der Waals surface area contributed by atoms with E-state index in [1.165, 1.54) is 0 Å². The Morgan fingerprint density at radius 3 is 2.61 bits per heavy atom. The van der Waals surface area contributed by atoms with Crippen molar-refractivity contribution < 1.29 is 14.3 Å². The summed E-state index contributed by atoms with van der Waals surface area (Å²) in [6, 6.07) is -0.352. The minimum absolute atomic E-state index is 0.0183. The lowest BCUT2D eigenvalue weighted by Gasteiger charge is -2.37. The fraction of sp³-hybridized carbons (Fsp3) is 0.875. The van der Waals surface area contributed by atoms with Gasteiger partial charge in [-0.05, 0) is 38.0 Å². The number of rotatable bonds is 2. The molecule has 130 valence electrons. The van der Waals surface area contributed by atoms with E-state index in [0.29, 0.717) is 19.0 Å². The second kappa shape index (κ2) is 7.05. The zero-order valence-electron chi connectivity index (χ0n) is 13.9. The van der Waals surface area contributed by atoms with E-state index in [1.54, 1.807) is 11.9 Å². The molecule has 3 amide bonds. The van der Waals surface area contributed by atoms with Crippen LogP contribution in [0.2, 0.25) is 0 Å². The number of amides is 3. The summed E-state index contributed by atoms with van der Waals surface area (Å²) < 4.78 is 5.75. The van der Waals surface area contributed by atoms with Crippen molar-refractivity contribution in [3.63, 3.8) is 0 Å². The number of hydrogen-bond acceptors (Lipinski definition) is 4. The largest absolute Gasteiger partial charge is 0.376 e. The van der Waals surface area contributed by atoms with Gasteiger partial charge in [-0.25, -0.2) is 4.79 Å². The number of ether oxygens (including phenoxy) is 1. The average Bonchev–Trinajstić information content (AvgIpc) is 2.98. The van der Waals surface area contributed by atoms with Crippen LogP contribution in [0.5, 0.6) is 0 Å². The van der Waals surface area contributed by atoms with Gasteiger partial charge in [0.15, 0.2) is 0 Å². The van der Waals surface area contributed by atoms with E-state index < -0.39 is 0 Å². The highest BCUT2D eigenvalue weighted by molar-refractivity contribution is 5.87. The van der Waals surface area contributed by atoms with Gasteiger partial charge in [0, 0.05) is 39.3 Å². The summed E-state index contributed by atoms with van der Waals surface area (Å²) in [5.41, 5.74) is 6.10. The molecule has 0 saturated carbocycles. The Morgan fingerprint density at radius 1 is 1.22 bits per heavy atom. The Morgan fingerprint density at radius 2 is 1.96 bits per heavy atom. The molecule has 0 aliphatic carbocycles. The quantitative estimate of drug-likeness (QED) is 0.756. The second-order valence-corrected chi connectivity index (χ2v) is 7.02. The van der Waals surface area contributed by atoms with E-state index in [1.807, 2.05) is 4.90 Å². The lowest BCUT2D eigenvalue weighted by atomic mass is 9.88. The monoisotopic (exact) mass is 324 g/mol. The molecule has 3 heterocycles. The Labute approximate surface area is 137 Å².